The molecular weight excluding hydrogens is 392 g/mol. The van der Waals surface area contributed by atoms with Crippen LogP contribution in [0.1, 0.15) is 35.7 Å². The molecule has 3 aromatic carbocycles. The third-order valence-electron chi connectivity index (χ3n) is 5.62. The summed E-state index contributed by atoms with van der Waals surface area (Å²) in [7, 11) is 0. The van der Waals surface area contributed by atoms with Gasteiger partial charge in [-0.2, -0.15) is 5.10 Å². The van der Waals surface area contributed by atoms with Gasteiger partial charge in [-0.25, -0.2) is 4.68 Å². The fraction of sp³-hybridized carbons (Fsp3) is 0.250. The van der Waals surface area contributed by atoms with Gasteiger partial charge in [-0.1, -0.05) is 85.8 Å². The molecule has 0 radical (unpaired) electrons. The third kappa shape index (κ3) is 5.27. The molecule has 4 heteroatoms. The van der Waals surface area contributed by atoms with Crippen LogP contribution in [0.2, 0.25) is 0 Å². The van der Waals surface area contributed by atoms with Crippen LogP contribution >= 0.6 is 0 Å². The van der Waals surface area contributed by atoms with E-state index in [0.29, 0.717) is 0 Å². The SMILES string of the molecule is CCCNCc1c(C)nn(-c2ccccc2)c1N(Cc1ccccc1)Cc1ccccc1. The number of nitrogens with zero attached hydrogens (tertiary/aromatic N) is 3. The van der Waals surface area contributed by atoms with Crippen LogP contribution in [-0.4, -0.2) is 16.3 Å². The zero-order valence-electron chi connectivity index (χ0n) is 19.0. The zero-order chi connectivity index (χ0) is 22.2. The summed E-state index contributed by atoms with van der Waals surface area (Å²) >= 11 is 0. The minimum Gasteiger partial charge on any atom is -0.348 e. The lowest BCUT2D eigenvalue weighted by molar-refractivity contribution is 0.667. The Morgan fingerprint density at radius 3 is 1.84 bits per heavy atom. The van der Waals surface area contributed by atoms with Crippen molar-refractivity contribution in [1.82, 2.24) is 15.1 Å². The van der Waals surface area contributed by atoms with E-state index in [0.717, 1.165) is 49.8 Å². The quantitative estimate of drug-likeness (QED) is 0.322. The molecule has 0 spiro atoms. The number of benzene rings is 3. The zero-order valence-corrected chi connectivity index (χ0v) is 19.0. The molecule has 1 N–H and O–H groups in total. The van der Waals surface area contributed by atoms with Gasteiger partial charge in [-0.3, -0.25) is 0 Å². The van der Waals surface area contributed by atoms with Gasteiger partial charge in [0.2, 0.25) is 0 Å². The van der Waals surface area contributed by atoms with E-state index in [-0.39, 0.29) is 0 Å². The maximum absolute atomic E-state index is 5.00. The van der Waals surface area contributed by atoms with Crippen molar-refractivity contribution in [3.63, 3.8) is 0 Å². The van der Waals surface area contributed by atoms with Crippen LogP contribution in [0.4, 0.5) is 5.82 Å². The summed E-state index contributed by atoms with van der Waals surface area (Å²) in [6.07, 6.45) is 1.11. The Morgan fingerprint density at radius 1 is 0.781 bits per heavy atom. The molecular formula is C28H32N4. The number of hydrogen-bond donors (Lipinski definition) is 1. The topological polar surface area (TPSA) is 33.1 Å². The van der Waals surface area contributed by atoms with Crippen LogP contribution in [0, 0.1) is 6.92 Å². The first-order chi connectivity index (χ1) is 15.8. The first-order valence-corrected chi connectivity index (χ1v) is 11.4. The van der Waals surface area contributed by atoms with Gasteiger partial charge in [0.05, 0.1) is 11.4 Å². The Morgan fingerprint density at radius 2 is 1.31 bits per heavy atom. The molecule has 0 aliphatic rings. The van der Waals surface area contributed by atoms with Crippen molar-refractivity contribution < 1.29 is 0 Å². The number of nitrogens with one attached hydrogen (secondary N) is 1. The van der Waals surface area contributed by atoms with Crippen molar-refractivity contribution in [2.75, 3.05) is 11.4 Å². The van der Waals surface area contributed by atoms with Crippen LogP contribution < -0.4 is 10.2 Å². The molecule has 0 saturated carbocycles. The molecule has 0 saturated heterocycles. The van der Waals surface area contributed by atoms with E-state index < -0.39 is 0 Å². The lowest BCUT2D eigenvalue weighted by atomic mass is 10.1. The van der Waals surface area contributed by atoms with Gasteiger partial charge in [-0.15, -0.1) is 0 Å². The van der Waals surface area contributed by atoms with Crippen LogP contribution in [0.15, 0.2) is 91.0 Å². The fourth-order valence-corrected chi connectivity index (χ4v) is 4.03. The maximum Gasteiger partial charge on any atom is 0.137 e. The number of anilines is 1. The first-order valence-electron chi connectivity index (χ1n) is 11.4. The van der Waals surface area contributed by atoms with Crippen molar-refractivity contribution in [1.29, 1.82) is 0 Å². The molecule has 164 valence electrons. The molecule has 0 amide bonds. The van der Waals surface area contributed by atoms with E-state index in [1.54, 1.807) is 0 Å². The van der Waals surface area contributed by atoms with E-state index in [1.807, 2.05) is 0 Å². The molecule has 0 fully saturated rings. The summed E-state index contributed by atoms with van der Waals surface area (Å²) in [5.41, 5.74) is 5.98. The monoisotopic (exact) mass is 424 g/mol. The van der Waals surface area contributed by atoms with E-state index in [2.05, 4.69) is 120 Å². The molecule has 1 aromatic heterocycles. The molecule has 4 rings (SSSR count). The Labute approximate surface area is 191 Å². The average Bonchev–Trinajstić information content (AvgIpc) is 3.17. The summed E-state index contributed by atoms with van der Waals surface area (Å²) in [6.45, 7) is 7.75. The van der Waals surface area contributed by atoms with Crippen molar-refractivity contribution in [2.24, 2.45) is 0 Å². The van der Waals surface area contributed by atoms with E-state index in [4.69, 9.17) is 5.10 Å². The summed E-state index contributed by atoms with van der Waals surface area (Å²) in [6, 6.07) is 31.8. The predicted molar refractivity (Wildman–Crippen MR) is 133 cm³/mol. The Balaban J connectivity index is 1.81. The number of aromatic nitrogens is 2. The lowest BCUT2D eigenvalue weighted by Gasteiger charge is -2.27. The number of para-hydroxylation sites is 1. The number of aryl methyl sites for hydroxylation is 1. The van der Waals surface area contributed by atoms with Gasteiger partial charge >= 0.3 is 0 Å². The largest absolute Gasteiger partial charge is 0.348 e. The van der Waals surface area contributed by atoms with Crippen LogP contribution in [0.3, 0.4) is 0 Å². The van der Waals surface area contributed by atoms with Gasteiger partial charge in [-0.05, 0) is 43.1 Å². The van der Waals surface area contributed by atoms with Crippen LogP contribution in [0.5, 0.6) is 0 Å². The maximum atomic E-state index is 5.00. The van der Waals surface area contributed by atoms with Crippen LogP contribution in [-0.2, 0) is 19.6 Å². The highest BCUT2D eigenvalue weighted by atomic mass is 15.4. The van der Waals surface area contributed by atoms with E-state index in [9.17, 15) is 0 Å². The Hall–Kier alpha value is -3.37. The second-order valence-corrected chi connectivity index (χ2v) is 8.14. The summed E-state index contributed by atoms with van der Waals surface area (Å²) in [4.78, 5) is 2.46. The molecule has 4 aromatic rings. The highest BCUT2D eigenvalue weighted by Gasteiger charge is 2.22. The third-order valence-corrected chi connectivity index (χ3v) is 5.62. The second-order valence-electron chi connectivity index (χ2n) is 8.14. The van der Waals surface area contributed by atoms with Gasteiger partial charge in [0, 0.05) is 25.2 Å². The number of rotatable bonds is 10. The smallest absolute Gasteiger partial charge is 0.137 e. The molecule has 0 aliphatic heterocycles. The highest BCUT2D eigenvalue weighted by molar-refractivity contribution is 5.56. The minimum absolute atomic E-state index is 0.807. The lowest BCUT2D eigenvalue weighted by Crippen LogP contribution is -2.27. The van der Waals surface area contributed by atoms with E-state index in [1.165, 1.54) is 16.7 Å². The van der Waals surface area contributed by atoms with Crippen molar-refractivity contribution in [2.45, 2.75) is 39.9 Å². The molecule has 0 bridgehead atoms. The molecule has 0 aliphatic carbocycles. The predicted octanol–water partition coefficient (Wildman–Crippen LogP) is 5.89. The van der Waals surface area contributed by atoms with Crippen molar-refractivity contribution in [3.05, 3.63) is 113 Å². The second kappa shape index (κ2) is 10.8. The van der Waals surface area contributed by atoms with Crippen LogP contribution in [0.25, 0.3) is 5.69 Å². The number of hydrogen-bond acceptors (Lipinski definition) is 3. The first kappa shape index (κ1) is 21.8. The summed E-state index contributed by atoms with van der Waals surface area (Å²) < 4.78 is 2.12. The fourth-order valence-electron chi connectivity index (χ4n) is 4.03. The minimum atomic E-state index is 0.807. The van der Waals surface area contributed by atoms with Gasteiger partial charge in [0.1, 0.15) is 5.82 Å². The van der Waals surface area contributed by atoms with Gasteiger partial charge in [0.15, 0.2) is 0 Å². The Bertz CT molecular complexity index is 1050. The standard InChI is InChI=1S/C28H32N4/c1-3-19-29-20-27-23(2)30-32(26-17-11-6-12-18-26)28(27)31(21-24-13-7-4-8-14-24)22-25-15-9-5-10-16-25/h4-18,29H,3,19-22H2,1-2H3. The molecule has 0 atom stereocenters. The Kier molecular flexibility index (Phi) is 7.36. The molecule has 0 unspecified atom stereocenters. The molecule has 1 heterocycles. The summed E-state index contributed by atoms with van der Waals surface area (Å²) in [5.74, 6) is 1.16. The van der Waals surface area contributed by atoms with Gasteiger partial charge in [0.25, 0.3) is 0 Å². The molecule has 4 nitrogen and oxygen atoms in total. The van der Waals surface area contributed by atoms with Gasteiger partial charge < -0.3 is 10.2 Å². The highest BCUT2D eigenvalue weighted by Crippen LogP contribution is 2.30. The normalized spacial score (nSPS) is 10.9. The van der Waals surface area contributed by atoms with E-state index >= 15 is 0 Å². The molecule has 32 heavy (non-hydrogen) atoms. The van der Waals surface area contributed by atoms with Crippen molar-refractivity contribution >= 4 is 5.82 Å². The van der Waals surface area contributed by atoms with Crippen molar-refractivity contribution in [3.8, 4) is 5.69 Å². The average molecular weight is 425 g/mol. The summed E-state index contributed by atoms with van der Waals surface area (Å²) in [5, 5.41) is 8.60.